The summed E-state index contributed by atoms with van der Waals surface area (Å²) in [4.78, 5) is 13.2. The normalized spacial score (nSPS) is 17.9. The van der Waals surface area contributed by atoms with Crippen LogP contribution >= 0.6 is 0 Å². The van der Waals surface area contributed by atoms with Crippen molar-refractivity contribution >= 4 is 16.7 Å². The second-order valence-corrected chi connectivity index (χ2v) is 8.55. The van der Waals surface area contributed by atoms with E-state index in [-0.39, 0.29) is 17.6 Å². The molecule has 0 fully saturated rings. The van der Waals surface area contributed by atoms with Crippen molar-refractivity contribution in [1.29, 1.82) is 0 Å². The van der Waals surface area contributed by atoms with Crippen LogP contribution in [0.1, 0.15) is 45.2 Å². The highest BCUT2D eigenvalue weighted by atomic mass is 16.5. The molecule has 1 aliphatic heterocycles. The third-order valence-electron chi connectivity index (χ3n) is 5.65. The van der Waals surface area contributed by atoms with E-state index in [0.717, 1.165) is 27.8 Å². The van der Waals surface area contributed by atoms with E-state index in [1.165, 1.54) is 0 Å². The molecule has 2 atom stereocenters. The van der Waals surface area contributed by atoms with Crippen molar-refractivity contribution in [2.75, 3.05) is 7.11 Å². The van der Waals surface area contributed by atoms with Gasteiger partial charge in [0.1, 0.15) is 22.8 Å². The standard InChI is InChI=1S/C26H29NO4/c1-5-23(30-20-11-10-17-8-6-7-9-18(17)14-20)25(28)27-22-16-26(2,3)31-24-13-12-19(29-4)15-21(22)24/h6-15,22-23H,5,16H2,1-4H3,(H,27,28)/t22-,23-/m1/s1. The molecule has 0 radical (unpaired) electrons. The summed E-state index contributed by atoms with van der Waals surface area (Å²) in [5.74, 6) is 2.06. The molecule has 5 heteroatoms. The van der Waals surface area contributed by atoms with Gasteiger partial charge in [0.2, 0.25) is 0 Å². The first-order valence-electron chi connectivity index (χ1n) is 10.7. The van der Waals surface area contributed by atoms with Gasteiger partial charge in [-0.05, 0) is 61.4 Å². The summed E-state index contributed by atoms with van der Waals surface area (Å²) >= 11 is 0. The Bertz CT molecular complexity index is 1090. The molecule has 1 N–H and O–H groups in total. The molecule has 0 aliphatic carbocycles. The average Bonchev–Trinajstić information content (AvgIpc) is 2.76. The first-order valence-corrected chi connectivity index (χ1v) is 10.7. The highest BCUT2D eigenvalue weighted by Crippen LogP contribution is 2.41. The predicted octanol–water partition coefficient (Wildman–Crippen LogP) is 5.42. The van der Waals surface area contributed by atoms with Gasteiger partial charge in [-0.25, -0.2) is 0 Å². The van der Waals surface area contributed by atoms with Crippen LogP contribution in [0.3, 0.4) is 0 Å². The molecular weight excluding hydrogens is 390 g/mol. The average molecular weight is 420 g/mol. The number of carbonyl (C=O) groups is 1. The van der Waals surface area contributed by atoms with E-state index in [1.54, 1.807) is 7.11 Å². The van der Waals surface area contributed by atoms with E-state index in [0.29, 0.717) is 18.6 Å². The zero-order valence-corrected chi connectivity index (χ0v) is 18.5. The van der Waals surface area contributed by atoms with Gasteiger partial charge in [0, 0.05) is 12.0 Å². The minimum absolute atomic E-state index is 0.132. The van der Waals surface area contributed by atoms with Gasteiger partial charge >= 0.3 is 0 Å². The van der Waals surface area contributed by atoms with Crippen molar-refractivity contribution in [3.63, 3.8) is 0 Å². The third kappa shape index (κ3) is 4.61. The molecule has 31 heavy (non-hydrogen) atoms. The Morgan fingerprint density at radius 1 is 1.10 bits per heavy atom. The molecule has 0 bridgehead atoms. The van der Waals surface area contributed by atoms with Crippen LogP contribution in [0.25, 0.3) is 10.8 Å². The fourth-order valence-electron chi connectivity index (χ4n) is 4.08. The second-order valence-electron chi connectivity index (χ2n) is 8.55. The van der Waals surface area contributed by atoms with Gasteiger partial charge in [-0.1, -0.05) is 37.3 Å². The second kappa shape index (κ2) is 8.50. The number of hydrogen-bond acceptors (Lipinski definition) is 4. The van der Waals surface area contributed by atoms with Gasteiger partial charge in [0.05, 0.1) is 13.2 Å². The number of benzene rings is 3. The van der Waals surface area contributed by atoms with E-state index < -0.39 is 6.10 Å². The summed E-state index contributed by atoms with van der Waals surface area (Å²) in [7, 11) is 1.63. The van der Waals surface area contributed by atoms with Gasteiger partial charge in [-0.2, -0.15) is 0 Å². The molecule has 1 amide bonds. The predicted molar refractivity (Wildman–Crippen MR) is 122 cm³/mol. The Kier molecular flexibility index (Phi) is 5.77. The quantitative estimate of drug-likeness (QED) is 0.579. The Morgan fingerprint density at radius 3 is 2.58 bits per heavy atom. The molecule has 0 saturated heterocycles. The first-order chi connectivity index (χ1) is 14.9. The van der Waals surface area contributed by atoms with Crippen LogP contribution in [-0.4, -0.2) is 24.7 Å². The molecule has 4 rings (SSSR count). The Labute approximate surface area is 183 Å². The van der Waals surface area contributed by atoms with E-state index in [9.17, 15) is 4.79 Å². The van der Waals surface area contributed by atoms with Crippen molar-refractivity contribution in [1.82, 2.24) is 5.32 Å². The monoisotopic (exact) mass is 419 g/mol. The molecule has 5 nitrogen and oxygen atoms in total. The molecule has 0 spiro atoms. The molecular formula is C26H29NO4. The zero-order valence-electron chi connectivity index (χ0n) is 18.5. The smallest absolute Gasteiger partial charge is 0.261 e. The Morgan fingerprint density at radius 2 is 1.84 bits per heavy atom. The van der Waals surface area contributed by atoms with E-state index >= 15 is 0 Å². The van der Waals surface area contributed by atoms with Gasteiger partial charge < -0.3 is 19.5 Å². The molecule has 3 aromatic rings. The highest BCUT2D eigenvalue weighted by molar-refractivity contribution is 5.84. The minimum Gasteiger partial charge on any atom is -0.497 e. The SMILES string of the molecule is CC[C@@H](Oc1ccc2ccccc2c1)C(=O)N[C@@H]1CC(C)(C)Oc2ccc(OC)cc21. The summed E-state index contributed by atoms with van der Waals surface area (Å²) in [6.45, 7) is 6.01. The lowest BCUT2D eigenvalue weighted by Gasteiger charge is -2.38. The summed E-state index contributed by atoms with van der Waals surface area (Å²) < 4.78 is 17.6. The number of fused-ring (bicyclic) bond motifs is 2. The Balaban J connectivity index is 1.54. The number of amides is 1. The van der Waals surface area contributed by atoms with Crippen molar-refractivity contribution < 1.29 is 19.0 Å². The summed E-state index contributed by atoms with van der Waals surface area (Å²) in [5.41, 5.74) is 0.535. The third-order valence-corrected chi connectivity index (χ3v) is 5.65. The zero-order chi connectivity index (χ0) is 22.0. The van der Waals surface area contributed by atoms with Crippen LogP contribution in [0.4, 0.5) is 0 Å². The van der Waals surface area contributed by atoms with Crippen LogP contribution in [0.5, 0.6) is 17.2 Å². The van der Waals surface area contributed by atoms with Gasteiger partial charge in [0.25, 0.3) is 5.91 Å². The number of methoxy groups -OCH3 is 1. The van der Waals surface area contributed by atoms with Crippen molar-refractivity contribution in [3.8, 4) is 17.2 Å². The van der Waals surface area contributed by atoms with Crippen molar-refractivity contribution in [2.24, 2.45) is 0 Å². The molecule has 1 aliphatic rings. The van der Waals surface area contributed by atoms with Gasteiger partial charge in [-0.3, -0.25) is 4.79 Å². The lowest BCUT2D eigenvalue weighted by atomic mass is 9.89. The first kappa shape index (κ1) is 21.0. The van der Waals surface area contributed by atoms with Crippen LogP contribution < -0.4 is 19.5 Å². The number of nitrogens with one attached hydrogen (secondary N) is 1. The molecule has 1 heterocycles. The van der Waals surface area contributed by atoms with Gasteiger partial charge in [-0.15, -0.1) is 0 Å². The van der Waals surface area contributed by atoms with Gasteiger partial charge in [0.15, 0.2) is 6.10 Å². The Hall–Kier alpha value is -3.21. The van der Waals surface area contributed by atoms with Crippen molar-refractivity contribution in [3.05, 3.63) is 66.2 Å². The molecule has 0 aromatic heterocycles. The van der Waals surface area contributed by atoms with E-state index in [1.807, 2.05) is 75.4 Å². The highest BCUT2D eigenvalue weighted by Gasteiger charge is 2.36. The van der Waals surface area contributed by atoms with Crippen LogP contribution in [0.15, 0.2) is 60.7 Å². The van der Waals surface area contributed by atoms with Crippen molar-refractivity contribution in [2.45, 2.75) is 51.4 Å². The molecule has 162 valence electrons. The number of ether oxygens (including phenoxy) is 3. The van der Waals surface area contributed by atoms with E-state index in [2.05, 4.69) is 11.4 Å². The lowest BCUT2D eigenvalue weighted by molar-refractivity contribution is -0.129. The minimum atomic E-state index is -0.582. The number of rotatable bonds is 6. The maximum Gasteiger partial charge on any atom is 0.261 e. The largest absolute Gasteiger partial charge is 0.497 e. The summed E-state index contributed by atoms with van der Waals surface area (Å²) in [6, 6.07) is 19.5. The number of carbonyl (C=O) groups excluding carboxylic acids is 1. The molecule has 3 aromatic carbocycles. The van der Waals surface area contributed by atoms with E-state index in [4.69, 9.17) is 14.2 Å². The fraction of sp³-hybridized carbons (Fsp3) is 0.346. The number of hydrogen-bond donors (Lipinski definition) is 1. The maximum atomic E-state index is 13.2. The van der Waals surface area contributed by atoms with Crippen LogP contribution in [0, 0.1) is 0 Å². The molecule has 0 saturated carbocycles. The lowest BCUT2D eigenvalue weighted by Crippen LogP contribution is -2.45. The maximum absolute atomic E-state index is 13.2. The fourth-order valence-corrected chi connectivity index (χ4v) is 4.08. The molecule has 0 unspecified atom stereocenters. The van der Waals surface area contributed by atoms with Crippen LogP contribution in [-0.2, 0) is 4.79 Å². The summed E-state index contributed by atoms with van der Waals surface area (Å²) in [6.07, 6.45) is 0.642. The topological polar surface area (TPSA) is 56.8 Å². The van der Waals surface area contributed by atoms with Crippen LogP contribution in [0.2, 0.25) is 0 Å². The summed E-state index contributed by atoms with van der Waals surface area (Å²) in [5, 5.41) is 5.42.